The van der Waals surface area contributed by atoms with Crippen molar-refractivity contribution in [3.05, 3.63) is 47.5 Å². The zero-order valence-electron chi connectivity index (χ0n) is 12.9. The fourth-order valence-electron chi connectivity index (χ4n) is 3.23. The van der Waals surface area contributed by atoms with Crippen LogP contribution in [-0.4, -0.2) is 26.4 Å². The maximum absolute atomic E-state index is 13.1. The number of hydrogen-bond acceptors (Lipinski definition) is 4. The third kappa shape index (κ3) is 2.20. The minimum Gasteiger partial charge on any atom is -0.495 e. The zero-order chi connectivity index (χ0) is 15.8. The van der Waals surface area contributed by atoms with Crippen LogP contribution in [0, 0.1) is 0 Å². The second kappa shape index (κ2) is 5.50. The summed E-state index contributed by atoms with van der Waals surface area (Å²) in [5.41, 5.74) is 2.52. The topological polar surface area (TPSA) is 48.0 Å². The van der Waals surface area contributed by atoms with Gasteiger partial charge in [0.1, 0.15) is 5.75 Å². The second-order valence-corrected chi connectivity index (χ2v) is 5.57. The third-order valence-corrected chi connectivity index (χ3v) is 4.27. The smallest absolute Gasteiger partial charge is 0.262 e. The van der Waals surface area contributed by atoms with Crippen LogP contribution in [0.25, 0.3) is 0 Å². The SMILES string of the molecule is COc1cccc2c1N(C(=O)c1cccc3c1OCO3)CCC2. The fraction of sp³-hybridized carbons (Fsp3) is 0.278. The van der Waals surface area contributed by atoms with Crippen LogP contribution in [0.15, 0.2) is 36.4 Å². The van der Waals surface area contributed by atoms with Gasteiger partial charge in [-0.1, -0.05) is 18.2 Å². The molecule has 2 aliphatic rings. The monoisotopic (exact) mass is 311 g/mol. The number of benzene rings is 2. The predicted octanol–water partition coefficient (Wildman–Crippen LogP) is 3.02. The van der Waals surface area contributed by atoms with Gasteiger partial charge in [0.15, 0.2) is 11.5 Å². The molecule has 0 atom stereocenters. The van der Waals surface area contributed by atoms with Gasteiger partial charge in [-0.2, -0.15) is 0 Å². The number of aryl methyl sites for hydroxylation is 1. The highest BCUT2D eigenvalue weighted by molar-refractivity contribution is 6.09. The van der Waals surface area contributed by atoms with Crippen molar-refractivity contribution in [2.75, 3.05) is 25.3 Å². The first-order chi connectivity index (χ1) is 11.3. The molecule has 0 N–H and O–H groups in total. The number of anilines is 1. The van der Waals surface area contributed by atoms with Crippen LogP contribution in [0.4, 0.5) is 5.69 Å². The second-order valence-electron chi connectivity index (χ2n) is 5.57. The van der Waals surface area contributed by atoms with Crippen LogP contribution in [0.5, 0.6) is 17.2 Å². The van der Waals surface area contributed by atoms with Gasteiger partial charge in [-0.3, -0.25) is 4.79 Å². The van der Waals surface area contributed by atoms with Crippen molar-refractivity contribution in [1.82, 2.24) is 0 Å². The summed E-state index contributed by atoms with van der Waals surface area (Å²) >= 11 is 0. The van der Waals surface area contributed by atoms with Gasteiger partial charge in [-0.05, 0) is 36.6 Å². The molecule has 0 saturated carbocycles. The molecule has 5 nitrogen and oxygen atoms in total. The van der Waals surface area contributed by atoms with Crippen molar-refractivity contribution < 1.29 is 19.0 Å². The van der Waals surface area contributed by atoms with E-state index in [1.165, 1.54) is 0 Å². The van der Waals surface area contributed by atoms with E-state index in [2.05, 4.69) is 0 Å². The number of amides is 1. The van der Waals surface area contributed by atoms with E-state index in [0.29, 0.717) is 23.6 Å². The number of nitrogens with zero attached hydrogens (tertiary/aromatic N) is 1. The molecule has 1 amide bonds. The van der Waals surface area contributed by atoms with E-state index in [1.807, 2.05) is 30.3 Å². The number of para-hydroxylation sites is 2. The highest BCUT2D eigenvalue weighted by Gasteiger charge is 2.30. The van der Waals surface area contributed by atoms with E-state index in [9.17, 15) is 4.79 Å². The molecule has 2 aliphatic heterocycles. The van der Waals surface area contributed by atoms with E-state index < -0.39 is 0 Å². The van der Waals surface area contributed by atoms with E-state index in [1.54, 1.807) is 18.1 Å². The van der Waals surface area contributed by atoms with Crippen molar-refractivity contribution in [1.29, 1.82) is 0 Å². The van der Waals surface area contributed by atoms with Gasteiger partial charge >= 0.3 is 0 Å². The van der Waals surface area contributed by atoms with Crippen molar-refractivity contribution in [3.63, 3.8) is 0 Å². The van der Waals surface area contributed by atoms with Gasteiger partial charge in [0, 0.05) is 6.54 Å². The Hall–Kier alpha value is -2.69. The molecule has 0 aromatic heterocycles. The molecule has 2 heterocycles. The molecule has 5 heteroatoms. The summed E-state index contributed by atoms with van der Waals surface area (Å²) in [7, 11) is 1.63. The van der Waals surface area contributed by atoms with Crippen LogP contribution >= 0.6 is 0 Å². The minimum absolute atomic E-state index is 0.0854. The summed E-state index contributed by atoms with van der Waals surface area (Å²) in [5, 5.41) is 0. The average Bonchev–Trinajstić information content (AvgIpc) is 3.08. The van der Waals surface area contributed by atoms with Gasteiger partial charge in [-0.15, -0.1) is 0 Å². The molecular formula is C18H17NO4. The summed E-state index contributed by atoms with van der Waals surface area (Å²) in [6, 6.07) is 11.3. The van der Waals surface area contributed by atoms with Crippen molar-refractivity contribution in [3.8, 4) is 17.2 Å². The summed E-state index contributed by atoms with van der Waals surface area (Å²) in [5.74, 6) is 1.78. The van der Waals surface area contributed by atoms with Crippen LogP contribution in [0.1, 0.15) is 22.3 Å². The van der Waals surface area contributed by atoms with Crippen LogP contribution in [0.3, 0.4) is 0 Å². The molecule has 4 rings (SSSR count). The van der Waals surface area contributed by atoms with Crippen molar-refractivity contribution in [2.45, 2.75) is 12.8 Å². The molecule has 0 bridgehead atoms. The van der Waals surface area contributed by atoms with E-state index in [-0.39, 0.29) is 12.7 Å². The molecule has 118 valence electrons. The maximum Gasteiger partial charge on any atom is 0.262 e. The molecule has 2 aromatic carbocycles. The number of methoxy groups -OCH3 is 1. The lowest BCUT2D eigenvalue weighted by molar-refractivity contribution is 0.0979. The molecule has 0 unspecified atom stereocenters. The van der Waals surface area contributed by atoms with Crippen LogP contribution in [-0.2, 0) is 6.42 Å². The predicted molar refractivity (Wildman–Crippen MR) is 85.6 cm³/mol. The first-order valence-electron chi connectivity index (χ1n) is 7.66. The van der Waals surface area contributed by atoms with Gasteiger partial charge in [0.05, 0.1) is 18.4 Å². The summed E-state index contributed by atoms with van der Waals surface area (Å²) in [6.45, 7) is 0.816. The lowest BCUT2D eigenvalue weighted by Gasteiger charge is -2.31. The Morgan fingerprint density at radius 2 is 2.04 bits per heavy atom. The van der Waals surface area contributed by atoms with Gasteiger partial charge < -0.3 is 19.1 Å². The Balaban J connectivity index is 1.79. The largest absolute Gasteiger partial charge is 0.495 e. The Labute approximate surface area is 134 Å². The Morgan fingerprint density at radius 1 is 1.17 bits per heavy atom. The lowest BCUT2D eigenvalue weighted by atomic mass is 9.99. The first-order valence-corrected chi connectivity index (χ1v) is 7.66. The Morgan fingerprint density at radius 3 is 2.91 bits per heavy atom. The molecule has 2 aromatic rings. The fourth-order valence-corrected chi connectivity index (χ4v) is 3.23. The highest BCUT2D eigenvalue weighted by Crippen LogP contribution is 2.40. The molecule has 0 aliphatic carbocycles. The standard InChI is InChI=1S/C18H17NO4/c1-21-14-8-2-5-12-6-4-10-19(16(12)14)18(20)13-7-3-9-15-17(13)23-11-22-15/h2-3,5,7-9H,4,6,10-11H2,1H3. The number of rotatable bonds is 2. The highest BCUT2D eigenvalue weighted by atomic mass is 16.7. The van der Waals surface area contributed by atoms with Gasteiger partial charge in [0.25, 0.3) is 5.91 Å². The molecule has 23 heavy (non-hydrogen) atoms. The van der Waals surface area contributed by atoms with E-state index in [4.69, 9.17) is 14.2 Å². The number of carbonyl (C=O) groups excluding carboxylic acids is 1. The maximum atomic E-state index is 13.1. The average molecular weight is 311 g/mol. The summed E-state index contributed by atoms with van der Waals surface area (Å²) in [4.78, 5) is 14.9. The van der Waals surface area contributed by atoms with Gasteiger partial charge in [-0.25, -0.2) is 0 Å². The summed E-state index contributed by atoms with van der Waals surface area (Å²) < 4.78 is 16.3. The molecule has 0 spiro atoms. The van der Waals surface area contributed by atoms with Gasteiger partial charge in [0.2, 0.25) is 6.79 Å². The number of hydrogen-bond donors (Lipinski definition) is 0. The number of carbonyl (C=O) groups is 1. The molecule has 0 radical (unpaired) electrons. The first kappa shape index (κ1) is 13.9. The molecule has 0 fully saturated rings. The number of fused-ring (bicyclic) bond motifs is 2. The van der Waals surface area contributed by atoms with E-state index >= 15 is 0 Å². The Kier molecular flexibility index (Phi) is 3.33. The third-order valence-electron chi connectivity index (χ3n) is 4.27. The van der Waals surface area contributed by atoms with E-state index in [0.717, 1.165) is 29.8 Å². The van der Waals surface area contributed by atoms with Crippen molar-refractivity contribution >= 4 is 11.6 Å². The zero-order valence-corrected chi connectivity index (χ0v) is 12.9. The normalized spacial score (nSPS) is 15.3. The van der Waals surface area contributed by atoms with Crippen LogP contribution in [0.2, 0.25) is 0 Å². The molecule has 0 saturated heterocycles. The van der Waals surface area contributed by atoms with Crippen molar-refractivity contribution in [2.24, 2.45) is 0 Å². The number of ether oxygens (including phenoxy) is 3. The quantitative estimate of drug-likeness (QED) is 0.855. The lowest BCUT2D eigenvalue weighted by Crippen LogP contribution is -2.36. The Bertz CT molecular complexity index is 757. The summed E-state index contributed by atoms with van der Waals surface area (Å²) in [6.07, 6.45) is 1.88. The molecular weight excluding hydrogens is 294 g/mol. The van der Waals surface area contributed by atoms with Crippen LogP contribution < -0.4 is 19.1 Å². The minimum atomic E-state index is -0.0854.